The molecule has 2 atom stereocenters. The van der Waals surface area contributed by atoms with Gasteiger partial charge in [-0.3, -0.25) is 4.79 Å². The number of unbranched alkanes of at least 4 members (excludes halogenated alkanes) is 1. The minimum Gasteiger partial charge on any atom is -0.480 e. The third-order valence-electron chi connectivity index (χ3n) is 5.06. The maximum Gasteiger partial charge on any atom is 0.409 e. The average molecular weight is 513 g/mol. The molecule has 9 heteroatoms. The Bertz CT molecular complexity index is 779. The molecule has 0 rings (SSSR count). The highest BCUT2D eigenvalue weighted by Crippen LogP contribution is 2.14. The number of aliphatic hydroxyl groups excluding tert-OH is 1. The van der Waals surface area contributed by atoms with E-state index in [1.165, 1.54) is 30.6 Å². The van der Waals surface area contributed by atoms with Gasteiger partial charge in [-0.2, -0.15) is 0 Å². The van der Waals surface area contributed by atoms with Crippen LogP contribution in [0.3, 0.4) is 0 Å². The zero-order chi connectivity index (χ0) is 27.0. The summed E-state index contributed by atoms with van der Waals surface area (Å²) in [6.07, 6.45) is 11.2. The lowest BCUT2D eigenvalue weighted by Crippen LogP contribution is -2.53. The maximum atomic E-state index is 12.4. The molecule has 0 radical (unpaired) electrons. The molecule has 0 bridgehead atoms. The van der Waals surface area contributed by atoms with Crippen molar-refractivity contribution in [2.75, 3.05) is 6.61 Å². The topological polar surface area (TPSA) is 125 Å². The summed E-state index contributed by atoms with van der Waals surface area (Å²) in [7, 11) is 0. The number of hydrogen-bond acceptors (Lipinski definition) is 6. The number of nitrogens with one attached hydrogen (secondary N) is 2. The second-order valence-electron chi connectivity index (χ2n) is 9.51. The summed E-state index contributed by atoms with van der Waals surface area (Å²) in [4.78, 5) is 34.7. The van der Waals surface area contributed by atoms with Crippen LogP contribution in [-0.4, -0.2) is 51.8 Å². The molecule has 0 unspecified atom stereocenters. The van der Waals surface area contributed by atoms with Crippen molar-refractivity contribution in [3.63, 3.8) is 0 Å². The number of carbonyl (C=O) groups excluding carboxylic acids is 2. The number of allylic oxidation sites excluding steroid dienone is 6. The van der Waals surface area contributed by atoms with Crippen molar-refractivity contribution < 1.29 is 29.3 Å². The summed E-state index contributed by atoms with van der Waals surface area (Å²) >= 11 is 4.05. The number of alkyl carbamates (subject to hydrolysis) is 1. The monoisotopic (exact) mass is 512 g/mol. The van der Waals surface area contributed by atoms with Gasteiger partial charge >= 0.3 is 12.1 Å². The summed E-state index contributed by atoms with van der Waals surface area (Å²) < 4.78 is 4.94. The van der Waals surface area contributed by atoms with E-state index in [-0.39, 0.29) is 6.42 Å². The second kappa shape index (κ2) is 17.2. The van der Waals surface area contributed by atoms with Crippen molar-refractivity contribution in [3.8, 4) is 0 Å². The van der Waals surface area contributed by atoms with E-state index in [1.54, 1.807) is 0 Å². The van der Waals surface area contributed by atoms with Gasteiger partial charge < -0.3 is 25.6 Å². The molecule has 8 nitrogen and oxygen atoms in total. The third-order valence-corrected chi connectivity index (χ3v) is 5.15. The number of carbonyl (C=O) groups is 3. The quantitative estimate of drug-likeness (QED) is 0.0867. The molecule has 4 N–H and O–H groups in total. The van der Waals surface area contributed by atoms with Crippen LogP contribution in [0.15, 0.2) is 34.9 Å². The van der Waals surface area contributed by atoms with Crippen molar-refractivity contribution in [1.29, 1.82) is 0 Å². The van der Waals surface area contributed by atoms with Crippen molar-refractivity contribution >= 4 is 30.6 Å². The number of carboxylic acid groups (broad SMARTS) is 1. The van der Waals surface area contributed by atoms with Gasteiger partial charge in [0.15, 0.2) is 4.93 Å². The lowest BCUT2D eigenvalue weighted by atomic mass is 10.0. The van der Waals surface area contributed by atoms with Crippen LogP contribution < -0.4 is 10.6 Å². The summed E-state index contributed by atoms with van der Waals surface area (Å²) in [5.74, 6) is -1.98. The zero-order valence-electron chi connectivity index (χ0n) is 22.0. The van der Waals surface area contributed by atoms with Crippen molar-refractivity contribution in [3.05, 3.63) is 34.9 Å². The second-order valence-corrected chi connectivity index (χ2v) is 10.6. The standard InChI is InChI=1S/C26H44N2O6S/c1-18(2)11-9-13-20(4)15-10-14-19(3)12-7-8-16-21(24(31)32)27-23(30)22(17-29)28-25(33)34-26(5,6)35/h11-12,15,21-22,29,35H,7-10,13-14,16-17H2,1-6H3,(H,27,30)(H,28,33)(H,31,32)/b19-12+,20-15+/t21-,22+/m1/s1. The van der Waals surface area contributed by atoms with Crippen LogP contribution >= 0.6 is 12.6 Å². The maximum absolute atomic E-state index is 12.4. The molecule has 0 aromatic carbocycles. The third kappa shape index (κ3) is 17.8. The summed E-state index contributed by atoms with van der Waals surface area (Å²) in [5.41, 5.74) is 3.96. The van der Waals surface area contributed by atoms with Gasteiger partial charge in [-0.15, -0.1) is 12.6 Å². The van der Waals surface area contributed by atoms with Gasteiger partial charge in [-0.05, 0) is 86.5 Å². The number of carboxylic acids is 1. The number of thiol groups is 1. The van der Waals surface area contributed by atoms with Crippen LogP contribution in [0.25, 0.3) is 0 Å². The molecule has 0 heterocycles. The Morgan fingerprint density at radius 2 is 1.46 bits per heavy atom. The average Bonchev–Trinajstić information content (AvgIpc) is 2.72. The van der Waals surface area contributed by atoms with Crippen molar-refractivity contribution in [1.82, 2.24) is 10.6 Å². The summed E-state index contributed by atoms with van der Waals surface area (Å²) in [6.45, 7) is 10.8. The first-order chi connectivity index (χ1) is 16.2. The highest BCUT2D eigenvalue weighted by Gasteiger charge is 2.27. The number of amides is 2. The Morgan fingerprint density at radius 1 is 0.914 bits per heavy atom. The smallest absolute Gasteiger partial charge is 0.409 e. The van der Waals surface area contributed by atoms with Crippen LogP contribution in [0, 0.1) is 0 Å². The lowest BCUT2D eigenvalue weighted by Gasteiger charge is -2.23. The summed E-state index contributed by atoms with van der Waals surface area (Å²) in [6, 6.07) is -2.46. The molecule has 0 saturated carbocycles. The van der Waals surface area contributed by atoms with Crippen LogP contribution in [-0.2, 0) is 14.3 Å². The molecule has 35 heavy (non-hydrogen) atoms. The predicted molar refractivity (Wildman–Crippen MR) is 142 cm³/mol. The van der Waals surface area contributed by atoms with E-state index in [1.807, 2.05) is 0 Å². The highest BCUT2D eigenvalue weighted by atomic mass is 32.1. The fourth-order valence-corrected chi connectivity index (χ4v) is 3.21. The molecule has 200 valence electrons. The van der Waals surface area contributed by atoms with E-state index in [0.29, 0.717) is 12.8 Å². The molecule has 2 amide bonds. The Morgan fingerprint density at radius 3 is 1.94 bits per heavy atom. The minimum atomic E-state index is -1.33. The first-order valence-corrected chi connectivity index (χ1v) is 12.5. The summed E-state index contributed by atoms with van der Waals surface area (Å²) in [5, 5.41) is 23.5. The molecule has 0 fully saturated rings. The number of rotatable bonds is 16. The van der Waals surface area contributed by atoms with Gasteiger partial charge in [-0.25, -0.2) is 9.59 Å². The minimum absolute atomic E-state index is 0.223. The van der Waals surface area contributed by atoms with Gasteiger partial charge in [0.25, 0.3) is 0 Å². The highest BCUT2D eigenvalue weighted by molar-refractivity contribution is 7.81. The Kier molecular flexibility index (Phi) is 16.1. The number of ether oxygens (including phenoxy) is 1. The van der Waals surface area contributed by atoms with E-state index >= 15 is 0 Å². The van der Waals surface area contributed by atoms with E-state index in [0.717, 1.165) is 25.7 Å². The van der Waals surface area contributed by atoms with Crippen LogP contribution in [0.2, 0.25) is 0 Å². The molecule has 0 aliphatic heterocycles. The molecule has 0 saturated heterocycles. The lowest BCUT2D eigenvalue weighted by molar-refractivity contribution is -0.142. The van der Waals surface area contributed by atoms with Crippen molar-refractivity contribution in [2.45, 2.75) is 104 Å². The molecule has 0 aromatic rings. The van der Waals surface area contributed by atoms with E-state index in [2.05, 4.69) is 69.2 Å². The van der Waals surface area contributed by atoms with Crippen LogP contribution in [0.5, 0.6) is 0 Å². The van der Waals surface area contributed by atoms with E-state index in [9.17, 15) is 24.6 Å². The number of aliphatic hydroxyl groups is 1. The van der Waals surface area contributed by atoms with E-state index < -0.39 is 41.6 Å². The first kappa shape index (κ1) is 32.7. The van der Waals surface area contributed by atoms with Gasteiger partial charge in [0.1, 0.15) is 12.1 Å². The largest absolute Gasteiger partial charge is 0.480 e. The Hall–Kier alpha value is -2.26. The van der Waals surface area contributed by atoms with Gasteiger partial charge in [-0.1, -0.05) is 34.9 Å². The van der Waals surface area contributed by atoms with Crippen LogP contribution in [0.4, 0.5) is 4.79 Å². The fraction of sp³-hybridized carbons (Fsp3) is 0.654. The molecule has 0 aliphatic carbocycles. The van der Waals surface area contributed by atoms with Gasteiger partial charge in [0.2, 0.25) is 5.91 Å². The fourth-order valence-electron chi connectivity index (χ4n) is 3.13. The SMILES string of the molecule is CC(C)=CCC/C(C)=C/CC/C(C)=C/CCC[C@@H](NC(=O)[C@H](CO)NC(=O)OC(C)(C)S)C(=O)O. The van der Waals surface area contributed by atoms with Crippen LogP contribution in [0.1, 0.15) is 86.5 Å². The van der Waals surface area contributed by atoms with Gasteiger partial charge in [0, 0.05) is 0 Å². The molecule has 0 aliphatic rings. The molecule has 0 aromatic heterocycles. The normalized spacial score (nSPS) is 14.1. The van der Waals surface area contributed by atoms with Gasteiger partial charge in [0.05, 0.1) is 6.61 Å². The Balaban J connectivity index is 4.56. The Labute approximate surface area is 215 Å². The number of hydrogen-bond donors (Lipinski definition) is 5. The predicted octanol–water partition coefficient (Wildman–Crippen LogP) is 4.90. The first-order valence-electron chi connectivity index (χ1n) is 12.1. The molecule has 0 spiro atoms. The zero-order valence-corrected chi connectivity index (χ0v) is 22.9. The number of aliphatic carboxylic acids is 1. The molecular weight excluding hydrogens is 468 g/mol. The molecular formula is C26H44N2O6S. The van der Waals surface area contributed by atoms with Crippen molar-refractivity contribution in [2.24, 2.45) is 0 Å². The van der Waals surface area contributed by atoms with E-state index in [4.69, 9.17) is 4.74 Å².